The summed E-state index contributed by atoms with van der Waals surface area (Å²) in [6, 6.07) is 1.81. The van der Waals surface area contributed by atoms with E-state index in [0.717, 1.165) is 17.3 Å². The Bertz CT molecular complexity index is 399. The zero-order valence-corrected chi connectivity index (χ0v) is 7.77. The predicted octanol–water partition coefficient (Wildman–Crippen LogP) is 1.39. The Morgan fingerprint density at radius 2 is 2.36 bits per heavy atom. The SMILES string of the molecule is Cc1nccc(NCc2cocn2)n1. The predicted molar refractivity (Wildman–Crippen MR) is 50.6 cm³/mol. The number of hydrogen-bond acceptors (Lipinski definition) is 5. The minimum atomic E-state index is 0.604. The molecule has 0 spiro atoms. The number of oxazole rings is 1. The van der Waals surface area contributed by atoms with Crippen LogP contribution >= 0.6 is 0 Å². The molecular formula is C9H10N4O. The van der Waals surface area contributed by atoms with Crippen molar-refractivity contribution < 1.29 is 4.42 Å². The second-order valence-corrected chi connectivity index (χ2v) is 2.82. The number of aromatic nitrogens is 3. The van der Waals surface area contributed by atoms with E-state index < -0.39 is 0 Å². The van der Waals surface area contributed by atoms with Gasteiger partial charge in [0.15, 0.2) is 6.39 Å². The first kappa shape index (κ1) is 8.68. The number of nitrogens with zero attached hydrogens (tertiary/aromatic N) is 3. The fourth-order valence-corrected chi connectivity index (χ4v) is 1.06. The van der Waals surface area contributed by atoms with E-state index in [0.29, 0.717) is 6.54 Å². The van der Waals surface area contributed by atoms with Crippen molar-refractivity contribution in [3.63, 3.8) is 0 Å². The second-order valence-electron chi connectivity index (χ2n) is 2.82. The van der Waals surface area contributed by atoms with Crippen molar-refractivity contribution in [1.29, 1.82) is 0 Å². The van der Waals surface area contributed by atoms with Crippen LogP contribution in [0.5, 0.6) is 0 Å². The van der Waals surface area contributed by atoms with E-state index in [-0.39, 0.29) is 0 Å². The lowest BCUT2D eigenvalue weighted by Crippen LogP contribution is -2.02. The molecule has 0 aliphatic heterocycles. The summed E-state index contributed by atoms with van der Waals surface area (Å²) in [5.74, 6) is 1.54. The Morgan fingerprint density at radius 3 is 3.07 bits per heavy atom. The Labute approximate surface area is 81.2 Å². The molecule has 0 aliphatic carbocycles. The molecule has 0 fully saturated rings. The van der Waals surface area contributed by atoms with Crippen LogP contribution in [0.3, 0.4) is 0 Å². The van der Waals surface area contributed by atoms with E-state index in [9.17, 15) is 0 Å². The van der Waals surface area contributed by atoms with Crippen molar-refractivity contribution in [2.45, 2.75) is 13.5 Å². The fraction of sp³-hybridized carbons (Fsp3) is 0.222. The van der Waals surface area contributed by atoms with Crippen molar-refractivity contribution in [2.75, 3.05) is 5.32 Å². The normalized spacial score (nSPS) is 10.1. The van der Waals surface area contributed by atoms with E-state index in [4.69, 9.17) is 4.42 Å². The highest BCUT2D eigenvalue weighted by Crippen LogP contribution is 2.03. The number of nitrogens with one attached hydrogen (secondary N) is 1. The number of anilines is 1. The van der Waals surface area contributed by atoms with E-state index in [1.54, 1.807) is 12.5 Å². The largest absolute Gasteiger partial charge is 0.451 e. The fourth-order valence-electron chi connectivity index (χ4n) is 1.06. The average Bonchev–Trinajstić information content (AvgIpc) is 2.67. The molecule has 72 valence electrons. The van der Waals surface area contributed by atoms with E-state index in [2.05, 4.69) is 20.3 Å². The molecule has 14 heavy (non-hydrogen) atoms. The van der Waals surface area contributed by atoms with Gasteiger partial charge in [-0.1, -0.05) is 0 Å². The molecule has 0 saturated heterocycles. The molecule has 0 aliphatic rings. The third kappa shape index (κ3) is 2.07. The minimum absolute atomic E-state index is 0.604. The highest BCUT2D eigenvalue weighted by atomic mass is 16.3. The van der Waals surface area contributed by atoms with Gasteiger partial charge in [0.25, 0.3) is 0 Å². The first-order chi connectivity index (χ1) is 6.84. The summed E-state index contributed by atoms with van der Waals surface area (Å²) in [6.45, 7) is 2.45. The Hall–Kier alpha value is -1.91. The van der Waals surface area contributed by atoms with Gasteiger partial charge in [-0.3, -0.25) is 0 Å². The lowest BCUT2D eigenvalue weighted by molar-refractivity contribution is 0.556. The van der Waals surface area contributed by atoms with Crippen molar-refractivity contribution >= 4 is 5.82 Å². The van der Waals surface area contributed by atoms with Gasteiger partial charge in [0, 0.05) is 6.20 Å². The molecular weight excluding hydrogens is 180 g/mol. The van der Waals surface area contributed by atoms with Crippen molar-refractivity contribution in [3.8, 4) is 0 Å². The molecule has 1 N–H and O–H groups in total. The van der Waals surface area contributed by atoms with Gasteiger partial charge in [0.05, 0.1) is 12.2 Å². The molecule has 2 rings (SSSR count). The zero-order valence-electron chi connectivity index (χ0n) is 7.77. The second kappa shape index (κ2) is 3.87. The highest BCUT2D eigenvalue weighted by molar-refractivity contribution is 5.33. The van der Waals surface area contributed by atoms with Crippen molar-refractivity contribution in [2.24, 2.45) is 0 Å². The summed E-state index contributed by atoms with van der Waals surface area (Å²) in [4.78, 5) is 12.2. The Balaban J connectivity index is 1.98. The summed E-state index contributed by atoms with van der Waals surface area (Å²) in [5.41, 5.74) is 0.848. The molecule has 0 unspecified atom stereocenters. The molecule has 2 aromatic rings. The van der Waals surface area contributed by atoms with Crippen LogP contribution in [0.2, 0.25) is 0 Å². The van der Waals surface area contributed by atoms with Crippen molar-refractivity contribution in [3.05, 3.63) is 36.4 Å². The standard InChI is InChI=1S/C9H10N4O/c1-7-10-3-2-9(13-7)11-4-8-5-14-6-12-8/h2-3,5-6H,4H2,1H3,(H,10,11,13). The maximum atomic E-state index is 4.84. The lowest BCUT2D eigenvalue weighted by atomic mass is 10.4. The van der Waals surface area contributed by atoms with Gasteiger partial charge in [0.2, 0.25) is 0 Å². The summed E-state index contributed by atoms with van der Waals surface area (Å²) >= 11 is 0. The first-order valence-electron chi connectivity index (χ1n) is 4.25. The molecule has 0 saturated carbocycles. The van der Waals surface area contributed by atoms with E-state index >= 15 is 0 Å². The average molecular weight is 190 g/mol. The summed E-state index contributed by atoms with van der Waals surface area (Å²) in [7, 11) is 0. The Morgan fingerprint density at radius 1 is 1.43 bits per heavy atom. The van der Waals surface area contributed by atoms with E-state index in [1.165, 1.54) is 6.39 Å². The van der Waals surface area contributed by atoms with Crippen LogP contribution in [0.25, 0.3) is 0 Å². The maximum absolute atomic E-state index is 4.84. The maximum Gasteiger partial charge on any atom is 0.180 e. The molecule has 5 nitrogen and oxygen atoms in total. The molecule has 5 heteroatoms. The van der Waals surface area contributed by atoms with Gasteiger partial charge in [-0.25, -0.2) is 15.0 Å². The number of rotatable bonds is 3. The van der Waals surface area contributed by atoms with E-state index in [1.807, 2.05) is 13.0 Å². The number of aryl methyl sites for hydroxylation is 1. The Kier molecular flexibility index (Phi) is 2.40. The third-order valence-corrected chi connectivity index (χ3v) is 1.71. The molecule has 2 heterocycles. The molecule has 0 radical (unpaired) electrons. The molecule has 0 aromatic carbocycles. The van der Waals surface area contributed by atoms with Gasteiger partial charge in [-0.2, -0.15) is 0 Å². The van der Waals surface area contributed by atoms with Crippen LogP contribution in [0, 0.1) is 6.92 Å². The summed E-state index contributed by atoms with van der Waals surface area (Å²) < 4.78 is 4.84. The third-order valence-electron chi connectivity index (χ3n) is 1.71. The smallest absolute Gasteiger partial charge is 0.180 e. The van der Waals surface area contributed by atoms with Gasteiger partial charge in [0.1, 0.15) is 17.9 Å². The topological polar surface area (TPSA) is 63.8 Å². The minimum Gasteiger partial charge on any atom is -0.451 e. The lowest BCUT2D eigenvalue weighted by Gasteiger charge is -2.02. The van der Waals surface area contributed by atoms with Gasteiger partial charge >= 0.3 is 0 Å². The highest BCUT2D eigenvalue weighted by Gasteiger charge is 1.97. The zero-order chi connectivity index (χ0) is 9.80. The molecule has 0 bridgehead atoms. The monoisotopic (exact) mass is 190 g/mol. The summed E-state index contributed by atoms with van der Waals surface area (Å²) in [5, 5.41) is 3.11. The van der Waals surface area contributed by atoms with Crippen LogP contribution in [-0.2, 0) is 6.54 Å². The van der Waals surface area contributed by atoms with Crippen molar-refractivity contribution in [1.82, 2.24) is 15.0 Å². The van der Waals surface area contributed by atoms with Gasteiger partial charge in [-0.15, -0.1) is 0 Å². The van der Waals surface area contributed by atoms with Gasteiger partial charge in [-0.05, 0) is 13.0 Å². The van der Waals surface area contributed by atoms with Gasteiger partial charge < -0.3 is 9.73 Å². The van der Waals surface area contributed by atoms with Crippen LogP contribution in [0.15, 0.2) is 29.3 Å². The quantitative estimate of drug-likeness (QED) is 0.792. The summed E-state index contributed by atoms with van der Waals surface area (Å²) in [6.07, 6.45) is 4.72. The number of hydrogen-bond donors (Lipinski definition) is 1. The first-order valence-corrected chi connectivity index (χ1v) is 4.25. The molecule has 2 aromatic heterocycles. The molecule has 0 amide bonds. The van der Waals surface area contributed by atoms with Crippen LogP contribution in [-0.4, -0.2) is 15.0 Å². The van der Waals surface area contributed by atoms with Crippen LogP contribution in [0.1, 0.15) is 11.5 Å². The van der Waals surface area contributed by atoms with Crippen LogP contribution in [0.4, 0.5) is 5.82 Å². The van der Waals surface area contributed by atoms with Crippen LogP contribution < -0.4 is 5.32 Å². The molecule has 0 atom stereocenters.